The molecule has 1 atom stereocenters. The van der Waals surface area contributed by atoms with E-state index in [0.29, 0.717) is 5.76 Å². The minimum absolute atomic E-state index is 0.257. The van der Waals surface area contributed by atoms with E-state index in [1.54, 1.807) is 25.3 Å². The third-order valence-electron chi connectivity index (χ3n) is 1.73. The zero-order chi connectivity index (χ0) is 10.8. The summed E-state index contributed by atoms with van der Waals surface area (Å²) in [5, 5.41) is 0. The van der Waals surface area contributed by atoms with Gasteiger partial charge in [0.05, 0.1) is 6.26 Å². The van der Waals surface area contributed by atoms with Crippen LogP contribution in [-0.2, 0) is 9.53 Å². The number of furan rings is 1. The van der Waals surface area contributed by atoms with Crippen molar-refractivity contribution in [3.05, 3.63) is 24.2 Å². The molecule has 0 saturated heterocycles. The molecule has 3 heteroatoms. The van der Waals surface area contributed by atoms with Crippen molar-refractivity contribution in [2.75, 3.05) is 0 Å². The molecule has 1 heterocycles. The highest BCUT2D eigenvalue weighted by Gasteiger charge is 2.24. The molecule has 0 fully saturated rings. The minimum atomic E-state index is -0.446. The SMILES string of the molecule is CC(C(=O)OC(C)(C)C)c1ccco1. The van der Waals surface area contributed by atoms with Crippen LogP contribution < -0.4 is 0 Å². The van der Waals surface area contributed by atoms with Crippen molar-refractivity contribution in [2.45, 2.75) is 39.2 Å². The standard InChI is InChI=1S/C11H16O3/c1-8(9-6-5-7-13-9)10(12)14-11(2,3)4/h5-8H,1-4H3. The van der Waals surface area contributed by atoms with Gasteiger partial charge in [0, 0.05) is 0 Å². The van der Waals surface area contributed by atoms with Gasteiger partial charge in [0.2, 0.25) is 0 Å². The van der Waals surface area contributed by atoms with Crippen LogP contribution >= 0.6 is 0 Å². The third kappa shape index (κ3) is 2.91. The van der Waals surface area contributed by atoms with Gasteiger partial charge in [0.1, 0.15) is 17.3 Å². The number of carbonyl (C=O) groups excluding carboxylic acids is 1. The van der Waals surface area contributed by atoms with Crippen molar-refractivity contribution in [1.82, 2.24) is 0 Å². The van der Waals surface area contributed by atoms with Crippen molar-refractivity contribution in [1.29, 1.82) is 0 Å². The second-order valence-corrected chi connectivity index (χ2v) is 4.27. The summed E-state index contributed by atoms with van der Waals surface area (Å²) in [4.78, 5) is 11.6. The summed E-state index contributed by atoms with van der Waals surface area (Å²) < 4.78 is 10.4. The molecular weight excluding hydrogens is 180 g/mol. The Morgan fingerprint density at radius 3 is 2.57 bits per heavy atom. The van der Waals surface area contributed by atoms with E-state index in [4.69, 9.17) is 9.15 Å². The Balaban J connectivity index is 2.63. The molecule has 78 valence electrons. The summed E-state index contributed by atoms with van der Waals surface area (Å²) in [6.07, 6.45) is 1.55. The van der Waals surface area contributed by atoms with Gasteiger partial charge in [-0.2, -0.15) is 0 Å². The quantitative estimate of drug-likeness (QED) is 0.683. The van der Waals surface area contributed by atoms with E-state index in [9.17, 15) is 4.79 Å². The first-order valence-electron chi connectivity index (χ1n) is 4.66. The molecule has 1 aromatic heterocycles. The van der Waals surface area contributed by atoms with Gasteiger partial charge in [0.25, 0.3) is 0 Å². The Kier molecular flexibility index (Phi) is 2.99. The van der Waals surface area contributed by atoms with E-state index in [1.807, 2.05) is 20.8 Å². The molecule has 1 rings (SSSR count). The van der Waals surface area contributed by atoms with E-state index < -0.39 is 5.60 Å². The Hall–Kier alpha value is -1.25. The average Bonchev–Trinajstić information content (AvgIpc) is 2.51. The molecule has 0 amide bonds. The van der Waals surface area contributed by atoms with Crippen molar-refractivity contribution in [3.8, 4) is 0 Å². The predicted molar refractivity (Wildman–Crippen MR) is 53.0 cm³/mol. The van der Waals surface area contributed by atoms with Crippen LogP contribution in [0.4, 0.5) is 0 Å². The van der Waals surface area contributed by atoms with Crippen LogP contribution in [0, 0.1) is 0 Å². The number of rotatable bonds is 2. The third-order valence-corrected chi connectivity index (χ3v) is 1.73. The lowest BCUT2D eigenvalue weighted by Crippen LogP contribution is -2.26. The minimum Gasteiger partial charge on any atom is -0.468 e. The number of hydrogen-bond acceptors (Lipinski definition) is 3. The largest absolute Gasteiger partial charge is 0.468 e. The summed E-state index contributed by atoms with van der Waals surface area (Å²) in [7, 11) is 0. The first-order valence-corrected chi connectivity index (χ1v) is 4.66. The maximum Gasteiger partial charge on any atom is 0.316 e. The number of esters is 1. The molecule has 0 radical (unpaired) electrons. The Labute approximate surface area is 84.1 Å². The summed E-state index contributed by atoms with van der Waals surface area (Å²) in [6, 6.07) is 3.53. The molecular formula is C11H16O3. The maximum atomic E-state index is 11.6. The van der Waals surface area contributed by atoms with Gasteiger partial charge >= 0.3 is 5.97 Å². The highest BCUT2D eigenvalue weighted by molar-refractivity contribution is 5.77. The first-order chi connectivity index (χ1) is 6.40. The lowest BCUT2D eigenvalue weighted by molar-refractivity contribution is -0.156. The molecule has 3 nitrogen and oxygen atoms in total. The van der Waals surface area contributed by atoms with Crippen molar-refractivity contribution >= 4 is 5.97 Å². The summed E-state index contributed by atoms with van der Waals surface area (Å²) in [5.74, 6) is 0.0379. The zero-order valence-corrected chi connectivity index (χ0v) is 9.03. The molecule has 1 unspecified atom stereocenters. The van der Waals surface area contributed by atoms with Gasteiger partial charge in [-0.15, -0.1) is 0 Å². The Bertz CT molecular complexity index is 293. The summed E-state index contributed by atoms with van der Waals surface area (Å²) >= 11 is 0. The molecule has 0 spiro atoms. The molecule has 14 heavy (non-hydrogen) atoms. The van der Waals surface area contributed by atoms with Gasteiger partial charge < -0.3 is 9.15 Å². The van der Waals surface area contributed by atoms with Crippen molar-refractivity contribution in [3.63, 3.8) is 0 Å². The Morgan fingerprint density at radius 2 is 2.14 bits per heavy atom. The lowest BCUT2D eigenvalue weighted by atomic mass is 10.1. The second-order valence-electron chi connectivity index (χ2n) is 4.27. The molecule has 0 N–H and O–H groups in total. The van der Waals surface area contributed by atoms with Crippen LogP contribution in [0.1, 0.15) is 39.4 Å². The van der Waals surface area contributed by atoms with E-state index in [1.165, 1.54) is 0 Å². The van der Waals surface area contributed by atoms with Crippen LogP contribution in [0.3, 0.4) is 0 Å². The molecule has 0 aliphatic rings. The van der Waals surface area contributed by atoms with E-state index >= 15 is 0 Å². The highest BCUT2D eigenvalue weighted by atomic mass is 16.6. The van der Waals surface area contributed by atoms with Crippen LogP contribution in [0.25, 0.3) is 0 Å². The average molecular weight is 196 g/mol. The highest BCUT2D eigenvalue weighted by Crippen LogP contribution is 2.20. The molecule has 0 bridgehead atoms. The molecule has 0 saturated carbocycles. The van der Waals surface area contributed by atoms with E-state index in [2.05, 4.69) is 0 Å². The number of ether oxygens (including phenoxy) is 1. The maximum absolute atomic E-state index is 11.6. The molecule has 0 aliphatic heterocycles. The second kappa shape index (κ2) is 3.86. The van der Waals surface area contributed by atoms with Crippen molar-refractivity contribution in [2.24, 2.45) is 0 Å². The smallest absolute Gasteiger partial charge is 0.316 e. The monoisotopic (exact) mass is 196 g/mol. The molecule has 0 aromatic carbocycles. The number of hydrogen-bond donors (Lipinski definition) is 0. The van der Waals surface area contributed by atoms with Gasteiger partial charge in [-0.1, -0.05) is 0 Å². The van der Waals surface area contributed by atoms with E-state index in [-0.39, 0.29) is 11.9 Å². The molecule has 0 aliphatic carbocycles. The van der Waals surface area contributed by atoms with Gasteiger partial charge in [0.15, 0.2) is 0 Å². The van der Waals surface area contributed by atoms with Gasteiger partial charge in [-0.25, -0.2) is 0 Å². The predicted octanol–water partition coefficient (Wildman–Crippen LogP) is 2.72. The fraction of sp³-hybridized carbons (Fsp3) is 0.545. The normalized spacial score (nSPS) is 13.7. The van der Waals surface area contributed by atoms with Gasteiger partial charge in [-0.05, 0) is 39.8 Å². The zero-order valence-electron chi connectivity index (χ0n) is 9.03. The lowest BCUT2D eigenvalue weighted by Gasteiger charge is -2.21. The van der Waals surface area contributed by atoms with E-state index in [0.717, 1.165) is 0 Å². The van der Waals surface area contributed by atoms with Crippen LogP contribution in [-0.4, -0.2) is 11.6 Å². The van der Waals surface area contributed by atoms with Crippen LogP contribution in [0.15, 0.2) is 22.8 Å². The summed E-state index contributed by atoms with van der Waals surface area (Å²) in [5.41, 5.74) is -0.446. The van der Waals surface area contributed by atoms with Crippen LogP contribution in [0.2, 0.25) is 0 Å². The molecule has 1 aromatic rings. The fourth-order valence-electron chi connectivity index (χ4n) is 1.04. The van der Waals surface area contributed by atoms with Crippen molar-refractivity contribution < 1.29 is 13.9 Å². The Morgan fingerprint density at radius 1 is 1.50 bits per heavy atom. The fourth-order valence-corrected chi connectivity index (χ4v) is 1.04. The number of carbonyl (C=O) groups is 1. The van der Waals surface area contributed by atoms with Gasteiger partial charge in [-0.3, -0.25) is 4.79 Å². The topological polar surface area (TPSA) is 39.4 Å². The summed E-state index contributed by atoms with van der Waals surface area (Å²) in [6.45, 7) is 7.31. The van der Waals surface area contributed by atoms with Crippen LogP contribution in [0.5, 0.6) is 0 Å². The first kappa shape index (κ1) is 10.8.